The molecule has 336 valence electrons. The Labute approximate surface area is 409 Å². The van der Waals surface area contributed by atoms with E-state index in [1.165, 1.54) is 0 Å². The molecule has 5 nitrogen and oxygen atoms in total. The van der Waals surface area contributed by atoms with Gasteiger partial charge < -0.3 is 23.1 Å². The molecule has 0 amide bonds. The quantitative estimate of drug-likeness (QED) is 0.142. The number of para-hydroxylation sites is 5. The Hall–Kier alpha value is -9.32. The Kier molecular flexibility index (Phi) is 9.26. The standard InChI is InChI=1S/C66H44N2O3/c1-41-19-13-32-51-53-34-17-36-56(64(53)70-62(41)51)67(47-27-15-25-45(39-47)43-21-5-3-6-22-43)60-49-29-9-10-30-50(49)61(66-59(60)55-31-11-12-38-58(55)69-66)68(48-28-16-26-46(40-48)44-23-7-4-8-24-44)57-37-18-35-54-52-33-14-20-42(2)63(52)71-65(54)57/h3-40H,1-2H3. The smallest absolute Gasteiger partial charge is 0.162 e. The SMILES string of the molecule is Cc1cccc2c1oc1c(N(c3cccc(-c4ccccc4)c3)c3c4ccccc4c(N(c4cccc(-c5ccccc5)c4)c4cccc5c4oc4c(C)cccc45)c4c3oc3ccccc34)cccc12. The average Bonchev–Trinajstić information content (AvgIpc) is 4.14. The summed E-state index contributed by atoms with van der Waals surface area (Å²) in [5, 5.41) is 8.27. The molecular formula is C66H44N2O3. The van der Waals surface area contributed by atoms with E-state index >= 15 is 0 Å². The number of hydrogen-bond donors (Lipinski definition) is 0. The second-order valence-electron chi connectivity index (χ2n) is 18.5. The van der Waals surface area contributed by atoms with Crippen molar-refractivity contribution in [3.8, 4) is 22.3 Å². The van der Waals surface area contributed by atoms with E-state index in [-0.39, 0.29) is 0 Å². The van der Waals surface area contributed by atoms with Crippen molar-refractivity contribution in [1.82, 2.24) is 0 Å². The molecule has 0 spiro atoms. The molecule has 0 atom stereocenters. The fraction of sp³-hybridized carbons (Fsp3) is 0.0303. The highest BCUT2D eigenvalue weighted by Crippen LogP contribution is 2.56. The van der Waals surface area contributed by atoms with Gasteiger partial charge in [0.05, 0.1) is 28.1 Å². The van der Waals surface area contributed by atoms with Gasteiger partial charge in [0.1, 0.15) is 16.7 Å². The first kappa shape index (κ1) is 40.7. The van der Waals surface area contributed by atoms with Crippen molar-refractivity contribution in [2.24, 2.45) is 0 Å². The minimum absolute atomic E-state index is 0.742. The summed E-state index contributed by atoms with van der Waals surface area (Å²) in [6.45, 7) is 4.23. The molecule has 3 aromatic heterocycles. The Balaban J connectivity index is 1.14. The summed E-state index contributed by atoms with van der Waals surface area (Å²) in [6.07, 6.45) is 0. The number of furan rings is 3. The molecule has 11 aromatic carbocycles. The van der Waals surface area contributed by atoms with E-state index in [0.29, 0.717) is 0 Å². The predicted molar refractivity (Wildman–Crippen MR) is 295 cm³/mol. The van der Waals surface area contributed by atoms with E-state index in [0.717, 1.165) is 144 Å². The Morgan fingerprint density at radius 3 is 1.21 bits per heavy atom. The molecule has 14 rings (SSSR count). The molecule has 0 aliphatic rings. The Morgan fingerprint density at radius 1 is 0.282 bits per heavy atom. The molecule has 5 heteroatoms. The van der Waals surface area contributed by atoms with Crippen molar-refractivity contribution < 1.29 is 13.3 Å². The van der Waals surface area contributed by atoms with Gasteiger partial charge in [-0.1, -0.05) is 188 Å². The van der Waals surface area contributed by atoms with Gasteiger partial charge in [-0.3, -0.25) is 0 Å². The van der Waals surface area contributed by atoms with Crippen LogP contribution in [0, 0.1) is 13.8 Å². The molecule has 0 aliphatic heterocycles. The fourth-order valence-electron chi connectivity index (χ4n) is 11.0. The summed E-state index contributed by atoms with van der Waals surface area (Å²) in [4.78, 5) is 4.78. The van der Waals surface area contributed by atoms with E-state index in [1.54, 1.807) is 0 Å². The van der Waals surface area contributed by atoms with Crippen LogP contribution >= 0.6 is 0 Å². The lowest BCUT2D eigenvalue weighted by Gasteiger charge is -2.31. The Morgan fingerprint density at radius 2 is 0.676 bits per heavy atom. The van der Waals surface area contributed by atoms with Crippen LogP contribution in [0.3, 0.4) is 0 Å². The third kappa shape index (κ3) is 6.40. The maximum absolute atomic E-state index is 7.41. The summed E-state index contributed by atoms with van der Waals surface area (Å²) >= 11 is 0. The zero-order valence-electron chi connectivity index (χ0n) is 39.1. The summed E-state index contributed by atoms with van der Waals surface area (Å²) < 4.78 is 21.5. The first-order valence-electron chi connectivity index (χ1n) is 24.2. The van der Waals surface area contributed by atoms with Crippen LogP contribution in [0.25, 0.3) is 98.8 Å². The second-order valence-corrected chi connectivity index (χ2v) is 18.5. The third-order valence-electron chi connectivity index (χ3n) is 14.2. The highest BCUT2D eigenvalue weighted by Gasteiger charge is 2.32. The van der Waals surface area contributed by atoms with Crippen molar-refractivity contribution in [2.45, 2.75) is 13.8 Å². The summed E-state index contributed by atoms with van der Waals surface area (Å²) in [5.41, 5.74) is 17.2. The molecule has 0 fully saturated rings. The maximum atomic E-state index is 7.41. The van der Waals surface area contributed by atoms with Gasteiger partial charge >= 0.3 is 0 Å². The largest absolute Gasteiger partial charge is 0.454 e. The van der Waals surface area contributed by atoms with Crippen LogP contribution in [0.2, 0.25) is 0 Å². The number of aryl methyl sites for hydroxylation is 2. The summed E-state index contributed by atoms with van der Waals surface area (Å²) in [6, 6.07) is 81.9. The molecule has 0 aliphatic carbocycles. The number of benzene rings is 11. The van der Waals surface area contributed by atoms with Gasteiger partial charge in [-0.05, 0) is 89.7 Å². The van der Waals surface area contributed by atoms with E-state index < -0.39 is 0 Å². The van der Waals surface area contributed by atoms with Crippen LogP contribution in [-0.4, -0.2) is 0 Å². The molecule has 0 unspecified atom stereocenters. The monoisotopic (exact) mass is 912 g/mol. The number of nitrogens with zero attached hydrogens (tertiary/aromatic N) is 2. The number of hydrogen-bond acceptors (Lipinski definition) is 5. The predicted octanol–water partition coefficient (Wildman–Crippen LogP) is 19.4. The topological polar surface area (TPSA) is 45.9 Å². The van der Waals surface area contributed by atoms with Crippen LogP contribution in [0.5, 0.6) is 0 Å². The highest BCUT2D eigenvalue weighted by atomic mass is 16.3. The van der Waals surface area contributed by atoms with Crippen LogP contribution in [0.15, 0.2) is 244 Å². The minimum Gasteiger partial charge on any atom is -0.454 e. The van der Waals surface area contributed by atoms with Crippen LogP contribution < -0.4 is 9.80 Å². The van der Waals surface area contributed by atoms with Crippen LogP contribution in [0.1, 0.15) is 11.1 Å². The number of fused-ring (bicyclic) bond motifs is 10. The van der Waals surface area contributed by atoms with Crippen LogP contribution in [0.4, 0.5) is 34.1 Å². The lowest BCUT2D eigenvalue weighted by molar-refractivity contribution is 0.664. The van der Waals surface area contributed by atoms with E-state index in [4.69, 9.17) is 13.3 Å². The molecule has 0 bridgehead atoms. The highest BCUT2D eigenvalue weighted by molar-refractivity contribution is 6.29. The van der Waals surface area contributed by atoms with Gasteiger partial charge in [0, 0.05) is 49.1 Å². The van der Waals surface area contributed by atoms with Gasteiger partial charge in [0.15, 0.2) is 16.7 Å². The van der Waals surface area contributed by atoms with Gasteiger partial charge in [-0.2, -0.15) is 0 Å². The minimum atomic E-state index is 0.742. The summed E-state index contributed by atoms with van der Waals surface area (Å²) in [7, 11) is 0. The van der Waals surface area contributed by atoms with Crippen molar-refractivity contribution in [3.63, 3.8) is 0 Å². The fourth-order valence-corrected chi connectivity index (χ4v) is 11.0. The van der Waals surface area contributed by atoms with Crippen molar-refractivity contribution in [2.75, 3.05) is 9.80 Å². The van der Waals surface area contributed by atoms with Crippen LogP contribution in [-0.2, 0) is 0 Å². The molecular weight excluding hydrogens is 869 g/mol. The third-order valence-corrected chi connectivity index (χ3v) is 14.2. The van der Waals surface area contributed by atoms with Crippen molar-refractivity contribution in [3.05, 3.63) is 242 Å². The van der Waals surface area contributed by atoms with E-state index in [1.807, 2.05) is 0 Å². The van der Waals surface area contributed by atoms with E-state index in [2.05, 4.69) is 254 Å². The van der Waals surface area contributed by atoms with Crippen molar-refractivity contribution >= 4 is 111 Å². The zero-order valence-corrected chi connectivity index (χ0v) is 39.1. The average molecular weight is 913 g/mol. The molecule has 0 saturated carbocycles. The lowest BCUT2D eigenvalue weighted by Crippen LogP contribution is -2.14. The first-order chi connectivity index (χ1) is 35.1. The van der Waals surface area contributed by atoms with Gasteiger partial charge in [0.2, 0.25) is 0 Å². The second kappa shape index (κ2) is 16.2. The maximum Gasteiger partial charge on any atom is 0.162 e. The van der Waals surface area contributed by atoms with E-state index in [9.17, 15) is 0 Å². The molecule has 0 N–H and O–H groups in total. The first-order valence-corrected chi connectivity index (χ1v) is 24.2. The van der Waals surface area contributed by atoms with Gasteiger partial charge in [-0.15, -0.1) is 0 Å². The molecule has 14 aromatic rings. The Bertz CT molecular complexity index is 4390. The summed E-state index contributed by atoms with van der Waals surface area (Å²) in [5.74, 6) is 0. The van der Waals surface area contributed by atoms with Gasteiger partial charge in [-0.25, -0.2) is 0 Å². The zero-order chi connectivity index (χ0) is 47.2. The van der Waals surface area contributed by atoms with Crippen molar-refractivity contribution in [1.29, 1.82) is 0 Å². The normalized spacial score (nSPS) is 11.8. The lowest BCUT2D eigenvalue weighted by atomic mass is 9.96. The molecule has 0 saturated heterocycles. The molecule has 71 heavy (non-hydrogen) atoms. The number of anilines is 6. The number of rotatable bonds is 8. The molecule has 0 radical (unpaired) electrons. The van der Waals surface area contributed by atoms with Gasteiger partial charge in [0.25, 0.3) is 0 Å². The molecule has 3 heterocycles.